The highest BCUT2D eigenvalue weighted by molar-refractivity contribution is 5.96. The zero-order valence-electron chi connectivity index (χ0n) is 18.2. The lowest BCUT2D eigenvalue weighted by Gasteiger charge is -2.18. The number of benzene rings is 3. The van der Waals surface area contributed by atoms with Crippen LogP contribution in [0.3, 0.4) is 0 Å². The van der Waals surface area contributed by atoms with Crippen molar-refractivity contribution >= 4 is 28.3 Å². The maximum atomic E-state index is 13.0. The van der Waals surface area contributed by atoms with Crippen molar-refractivity contribution in [3.63, 3.8) is 0 Å². The van der Waals surface area contributed by atoms with E-state index in [-0.39, 0.29) is 10.8 Å². The highest BCUT2D eigenvalue weighted by atomic mass is 16.5. The van der Waals surface area contributed by atoms with Gasteiger partial charge in [0.2, 0.25) is 6.10 Å². The summed E-state index contributed by atoms with van der Waals surface area (Å²) in [4.78, 5) is 50.8. The van der Waals surface area contributed by atoms with Crippen molar-refractivity contribution in [2.75, 3.05) is 12.4 Å². The number of esters is 1. The number of fused-ring (bicyclic) bond motifs is 1. The molecule has 0 unspecified atom stereocenters. The average molecular weight is 459 g/mol. The van der Waals surface area contributed by atoms with Gasteiger partial charge in [-0.3, -0.25) is 24.3 Å². The van der Waals surface area contributed by atoms with E-state index in [1.54, 1.807) is 66.7 Å². The lowest BCUT2D eigenvalue weighted by atomic mass is 10.1. The van der Waals surface area contributed by atoms with E-state index in [9.17, 15) is 19.2 Å². The van der Waals surface area contributed by atoms with E-state index in [1.165, 1.54) is 19.2 Å². The molecule has 0 aliphatic carbocycles. The van der Waals surface area contributed by atoms with Crippen LogP contribution in [0, 0.1) is 0 Å². The Bertz CT molecular complexity index is 1460. The van der Waals surface area contributed by atoms with Crippen molar-refractivity contribution in [1.82, 2.24) is 9.78 Å². The first-order chi connectivity index (χ1) is 16.5. The van der Waals surface area contributed by atoms with E-state index in [0.29, 0.717) is 17.0 Å². The maximum absolute atomic E-state index is 13.0. The Labute approximate surface area is 193 Å². The van der Waals surface area contributed by atoms with E-state index in [4.69, 9.17) is 9.47 Å². The summed E-state index contributed by atoms with van der Waals surface area (Å²) in [6, 6.07) is 21.5. The Morgan fingerprint density at radius 2 is 1.65 bits per heavy atom. The van der Waals surface area contributed by atoms with Crippen molar-refractivity contribution in [2.24, 2.45) is 0 Å². The SMILES string of the molecule is COc1cccc(NC(=O)[C@H](OC(=O)Cn2[nH]c(=O)c3ccccc3c2=O)c2ccccc2)c1. The predicted octanol–water partition coefficient (Wildman–Crippen LogP) is 2.62. The predicted molar refractivity (Wildman–Crippen MR) is 126 cm³/mol. The number of nitrogens with one attached hydrogen (secondary N) is 2. The number of methoxy groups -OCH3 is 1. The van der Waals surface area contributed by atoms with Gasteiger partial charge < -0.3 is 14.8 Å². The Morgan fingerprint density at radius 3 is 2.38 bits per heavy atom. The van der Waals surface area contributed by atoms with Crippen LogP contribution in [0.15, 0.2) is 88.5 Å². The number of carbonyl (C=O) groups excluding carboxylic acids is 2. The smallest absolute Gasteiger partial charge is 0.328 e. The standard InChI is InChI=1S/C25H21N3O6/c1-33-18-11-7-10-17(14-18)26-24(31)22(16-8-3-2-4-9-16)34-21(29)15-28-25(32)20-13-6-5-12-19(20)23(30)27-28/h2-14,22H,15H2,1H3,(H,26,31)(H,27,30)/t22-/m1/s1. The number of hydrogen-bond acceptors (Lipinski definition) is 6. The van der Waals surface area contributed by atoms with Crippen molar-refractivity contribution in [1.29, 1.82) is 0 Å². The van der Waals surface area contributed by atoms with Crippen LogP contribution in [-0.4, -0.2) is 28.8 Å². The first-order valence-corrected chi connectivity index (χ1v) is 10.4. The van der Waals surface area contributed by atoms with Crippen molar-refractivity contribution < 1.29 is 19.1 Å². The Morgan fingerprint density at radius 1 is 0.941 bits per heavy atom. The molecule has 0 spiro atoms. The average Bonchev–Trinajstić information content (AvgIpc) is 2.86. The molecule has 0 fully saturated rings. The van der Waals surface area contributed by atoms with E-state index in [2.05, 4.69) is 10.4 Å². The minimum Gasteiger partial charge on any atom is -0.497 e. The van der Waals surface area contributed by atoms with Crippen LogP contribution in [0.25, 0.3) is 10.8 Å². The molecule has 34 heavy (non-hydrogen) atoms. The number of ether oxygens (including phenoxy) is 2. The number of hydrogen-bond donors (Lipinski definition) is 2. The van der Waals surface area contributed by atoms with E-state index in [1.807, 2.05) is 0 Å². The highest BCUT2D eigenvalue weighted by Gasteiger charge is 2.26. The summed E-state index contributed by atoms with van der Waals surface area (Å²) in [5, 5.41) is 5.48. The quantitative estimate of drug-likeness (QED) is 0.410. The molecule has 0 saturated heterocycles. The minimum atomic E-state index is -1.29. The van der Waals surface area contributed by atoms with Crippen LogP contribution < -0.4 is 21.2 Å². The maximum Gasteiger partial charge on any atom is 0.328 e. The largest absolute Gasteiger partial charge is 0.497 e. The van der Waals surface area contributed by atoms with Gasteiger partial charge in [0.05, 0.1) is 17.9 Å². The molecule has 9 heteroatoms. The van der Waals surface area contributed by atoms with E-state index < -0.39 is 35.6 Å². The second-order valence-corrected chi connectivity index (χ2v) is 7.38. The normalized spacial score (nSPS) is 11.6. The Hall–Kier alpha value is -4.66. The number of carbonyl (C=O) groups is 2. The van der Waals surface area contributed by atoms with Gasteiger partial charge in [-0.1, -0.05) is 48.5 Å². The zero-order chi connectivity index (χ0) is 24.1. The van der Waals surface area contributed by atoms with Crippen LogP contribution in [0.4, 0.5) is 5.69 Å². The number of aromatic nitrogens is 2. The number of H-pyrrole nitrogens is 1. The molecule has 0 saturated carbocycles. The van der Waals surface area contributed by atoms with Crippen molar-refractivity contribution in [3.05, 3.63) is 105 Å². The third-order valence-corrected chi connectivity index (χ3v) is 5.10. The molecule has 1 heterocycles. The van der Waals surface area contributed by atoms with E-state index in [0.717, 1.165) is 4.68 Å². The number of nitrogens with zero attached hydrogens (tertiary/aromatic N) is 1. The molecule has 0 aliphatic heterocycles. The molecule has 0 aliphatic rings. The summed E-state index contributed by atoms with van der Waals surface area (Å²) in [5.74, 6) is -0.916. The monoisotopic (exact) mass is 459 g/mol. The molecule has 0 radical (unpaired) electrons. The fourth-order valence-corrected chi connectivity index (χ4v) is 3.47. The molecule has 0 bridgehead atoms. The molecular formula is C25H21N3O6. The number of rotatable bonds is 7. The van der Waals surface area contributed by atoms with Gasteiger partial charge in [0.25, 0.3) is 17.0 Å². The molecule has 2 N–H and O–H groups in total. The van der Waals surface area contributed by atoms with Crippen molar-refractivity contribution in [2.45, 2.75) is 12.6 Å². The van der Waals surface area contributed by atoms with Crippen LogP contribution in [0.2, 0.25) is 0 Å². The van der Waals surface area contributed by atoms with Gasteiger partial charge in [0, 0.05) is 17.3 Å². The Balaban J connectivity index is 1.58. The van der Waals surface area contributed by atoms with Crippen molar-refractivity contribution in [3.8, 4) is 5.75 Å². The molecule has 1 aromatic heterocycles. The molecule has 1 amide bonds. The second-order valence-electron chi connectivity index (χ2n) is 7.38. The van der Waals surface area contributed by atoms with Gasteiger partial charge in [-0.15, -0.1) is 0 Å². The first kappa shape index (κ1) is 22.5. The topological polar surface area (TPSA) is 119 Å². The summed E-state index contributed by atoms with van der Waals surface area (Å²) < 4.78 is 11.5. The van der Waals surface area contributed by atoms with E-state index >= 15 is 0 Å². The minimum absolute atomic E-state index is 0.175. The van der Waals surface area contributed by atoms with Gasteiger partial charge in [-0.2, -0.15) is 0 Å². The molecular weight excluding hydrogens is 438 g/mol. The molecule has 9 nitrogen and oxygen atoms in total. The van der Waals surface area contributed by atoms with Gasteiger partial charge in [-0.25, -0.2) is 4.68 Å². The third-order valence-electron chi connectivity index (χ3n) is 5.10. The van der Waals surface area contributed by atoms with Crippen LogP contribution in [-0.2, 0) is 20.9 Å². The third kappa shape index (κ3) is 4.88. The van der Waals surface area contributed by atoms with Crippen LogP contribution in [0.1, 0.15) is 11.7 Å². The number of amides is 1. The van der Waals surface area contributed by atoms with Crippen LogP contribution >= 0.6 is 0 Å². The lowest BCUT2D eigenvalue weighted by Crippen LogP contribution is -2.34. The fraction of sp³-hybridized carbons (Fsp3) is 0.120. The summed E-state index contributed by atoms with van der Waals surface area (Å²) in [6.07, 6.45) is -1.29. The van der Waals surface area contributed by atoms with Gasteiger partial charge in [0.1, 0.15) is 12.3 Å². The lowest BCUT2D eigenvalue weighted by molar-refractivity contribution is -0.155. The molecule has 4 rings (SSSR count). The highest BCUT2D eigenvalue weighted by Crippen LogP contribution is 2.22. The number of anilines is 1. The molecule has 4 aromatic rings. The summed E-state index contributed by atoms with van der Waals surface area (Å²) in [5.41, 5.74) is -0.172. The second kappa shape index (κ2) is 9.86. The fourth-order valence-electron chi connectivity index (χ4n) is 3.47. The summed E-state index contributed by atoms with van der Waals surface area (Å²) in [6.45, 7) is -0.575. The Kier molecular flexibility index (Phi) is 6.54. The first-order valence-electron chi connectivity index (χ1n) is 10.4. The molecule has 1 atom stereocenters. The zero-order valence-corrected chi connectivity index (χ0v) is 18.2. The van der Waals surface area contributed by atoms with Crippen LogP contribution in [0.5, 0.6) is 5.75 Å². The number of aromatic amines is 1. The molecule has 3 aromatic carbocycles. The van der Waals surface area contributed by atoms with Gasteiger partial charge >= 0.3 is 5.97 Å². The van der Waals surface area contributed by atoms with Gasteiger partial charge in [-0.05, 0) is 24.3 Å². The molecule has 172 valence electrons. The van der Waals surface area contributed by atoms with Gasteiger partial charge in [0.15, 0.2) is 0 Å². The summed E-state index contributed by atoms with van der Waals surface area (Å²) >= 11 is 0. The summed E-state index contributed by atoms with van der Waals surface area (Å²) in [7, 11) is 1.51.